The monoisotopic (exact) mass is 528 g/mol. The van der Waals surface area contributed by atoms with Crippen molar-refractivity contribution in [3.8, 4) is 5.75 Å². The Morgan fingerprint density at radius 3 is 2.21 bits per heavy atom. The number of carbonyl (C=O) groups is 3. The normalized spacial score (nSPS) is 13.6. The molecule has 1 aliphatic heterocycles. The zero-order valence-electron chi connectivity index (χ0n) is 18.6. The summed E-state index contributed by atoms with van der Waals surface area (Å²) in [6.45, 7) is 3.99. The van der Waals surface area contributed by atoms with E-state index in [1.165, 1.54) is 0 Å². The summed E-state index contributed by atoms with van der Waals surface area (Å²) >= 11 is 3.54. The van der Waals surface area contributed by atoms with Gasteiger partial charge in [0.1, 0.15) is 5.75 Å². The van der Waals surface area contributed by atoms with E-state index in [9.17, 15) is 4.79 Å². The number of rotatable bonds is 4. The van der Waals surface area contributed by atoms with Gasteiger partial charge in [0.05, 0.1) is 7.11 Å². The number of piperazine rings is 1. The number of carboxylic acids is 2. The lowest BCUT2D eigenvalue weighted by molar-refractivity contribution is -0.159. The van der Waals surface area contributed by atoms with Gasteiger partial charge in [-0.25, -0.2) is 9.59 Å². The lowest BCUT2D eigenvalue weighted by Crippen LogP contribution is -2.48. The molecular formula is C25H25BrN2O6. The molecule has 0 unspecified atom stereocenters. The number of methoxy groups -OCH3 is 1. The fourth-order valence-electron chi connectivity index (χ4n) is 3.80. The minimum absolute atomic E-state index is 0.122. The summed E-state index contributed by atoms with van der Waals surface area (Å²) in [5.74, 6) is -2.63. The van der Waals surface area contributed by atoms with Crippen molar-refractivity contribution >= 4 is 44.5 Å². The minimum Gasteiger partial charge on any atom is -0.496 e. The molecule has 0 aliphatic carbocycles. The fraction of sp³-hybridized carbons (Fsp3) is 0.240. The van der Waals surface area contributed by atoms with Gasteiger partial charge >= 0.3 is 11.9 Å². The van der Waals surface area contributed by atoms with Crippen molar-refractivity contribution in [1.82, 2.24) is 9.80 Å². The van der Waals surface area contributed by atoms with Gasteiger partial charge in [0, 0.05) is 48.3 Å². The van der Waals surface area contributed by atoms with Crippen LogP contribution in [0.4, 0.5) is 0 Å². The van der Waals surface area contributed by atoms with Crippen molar-refractivity contribution in [3.63, 3.8) is 0 Å². The van der Waals surface area contributed by atoms with Crippen LogP contribution < -0.4 is 4.74 Å². The molecule has 8 nitrogen and oxygen atoms in total. The van der Waals surface area contributed by atoms with Crippen LogP contribution >= 0.6 is 15.9 Å². The second-order valence-corrected chi connectivity index (χ2v) is 8.58. The third-order valence-electron chi connectivity index (χ3n) is 5.50. The van der Waals surface area contributed by atoms with Gasteiger partial charge in [-0.2, -0.15) is 0 Å². The summed E-state index contributed by atoms with van der Waals surface area (Å²) < 4.78 is 6.54. The molecule has 1 aliphatic rings. The molecule has 0 radical (unpaired) electrons. The molecular weight excluding hydrogens is 504 g/mol. The highest BCUT2D eigenvalue weighted by Gasteiger charge is 2.24. The van der Waals surface area contributed by atoms with E-state index in [2.05, 4.69) is 39.0 Å². The SMILES string of the molecule is COc1ccc(Br)cc1CN1CCN(C(=O)c2cccc3ccccc23)CC1.O=C(O)C(=O)O. The third kappa shape index (κ3) is 6.33. The van der Waals surface area contributed by atoms with E-state index in [0.717, 1.165) is 64.8 Å². The number of hydrogen-bond donors (Lipinski definition) is 2. The Balaban J connectivity index is 0.000000481. The van der Waals surface area contributed by atoms with Crippen LogP contribution in [0.25, 0.3) is 10.8 Å². The molecule has 0 bridgehead atoms. The van der Waals surface area contributed by atoms with Crippen LogP contribution in [-0.4, -0.2) is 71.1 Å². The van der Waals surface area contributed by atoms with E-state index in [1.54, 1.807) is 7.11 Å². The number of hydrogen-bond acceptors (Lipinski definition) is 5. The van der Waals surface area contributed by atoms with Crippen molar-refractivity contribution in [2.45, 2.75) is 6.54 Å². The maximum atomic E-state index is 13.1. The number of halogens is 1. The first-order chi connectivity index (χ1) is 16.3. The average Bonchev–Trinajstić information content (AvgIpc) is 2.84. The minimum atomic E-state index is -1.82. The maximum absolute atomic E-state index is 13.1. The number of benzene rings is 3. The maximum Gasteiger partial charge on any atom is 0.414 e. The summed E-state index contributed by atoms with van der Waals surface area (Å²) in [4.78, 5) is 35.6. The first-order valence-corrected chi connectivity index (χ1v) is 11.4. The number of amides is 1. The Labute approximate surface area is 205 Å². The molecule has 4 rings (SSSR count). The highest BCUT2D eigenvalue weighted by Crippen LogP contribution is 2.25. The van der Waals surface area contributed by atoms with Crippen LogP contribution in [0.5, 0.6) is 5.75 Å². The van der Waals surface area contributed by atoms with Gasteiger partial charge in [-0.1, -0.05) is 52.3 Å². The van der Waals surface area contributed by atoms with Gasteiger partial charge in [-0.15, -0.1) is 0 Å². The topological polar surface area (TPSA) is 107 Å². The molecule has 2 N–H and O–H groups in total. The van der Waals surface area contributed by atoms with Crippen LogP contribution in [0.3, 0.4) is 0 Å². The lowest BCUT2D eigenvalue weighted by atomic mass is 10.0. The first kappa shape index (κ1) is 25.2. The van der Waals surface area contributed by atoms with E-state index in [0.29, 0.717) is 0 Å². The predicted molar refractivity (Wildman–Crippen MR) is 131 cm³/mol. The Morgan fingerprint density at radius 2 is 1.56 bits per heavy atom. The highest BCUT2D eigenvalue weighted by molar-refractivity contribution is 9.10. The highest BCUT2D eigenvalue weighted by atomic mass is 79.9. The number of carboxylic acid groups (broad SMARTS) is 2. The van der Waals surface area contributed by atoms with E-state index in [-0.39, 0.29) is 5.91 Å². The van der Waals surface area contributed by atoms with Crippen molar-refractivity contribution in [1.29, 1.82) is 0 Å². The van der Waals surface area contributed by atoms with Gasteiger partial charge < -0.3 is 19.8 Å². The summed E-state index contributed by atoms with van der Waals surface area (Å²) in [7, 11) is 1.70. The van der Waals surface area contributed by atoms with Crippen LogP contribution in [0.2, 0.25) is 0 Å². The van der Waals surface area contributed by atoms with E-state index < -0.39 is 11.9 Å². The molecule has 3 aromatic rings. The van der Waals surface area contributed by atoms with E-state index in [4.69, 9.17) is 24.5 Å². The van der Waals surface area contributed by atoms with Gasteiger partial charge in [-0.05, 0) is 35.0 Å². The van der Waals surface area contributed by atoms with Crippen molar-refractivity contribution in [3.05, 3.63) is 76.3 Å². The number of carbonyl (C=O) groups excluding carboxylic acids is 1. The molecule has 0 spiro atoms. The number of fused-ring (bicyclic) bond motifs is 1. The number of aliphatic carboxylic acids is 2. The lowest BCUT2D eigenvalue weighted by Gasteiger charge is -2.35. The van der Waals surface area contributed by atoms with Gasteiger partial charge in [-0.3, -0.25) is 9.69 Å². The average molecular weight is 529 g/mol. The van der Waals surface area contributed by atoms with Crippen molar-refractivity contribution < 1.29 is 29.3 Å². The molecule has 34 heavy (non-hydrogen) atoms. The van der Waals surface area contributed by atoms with E-state index >= 15 is 0 Å². The molecule has 0 aromatic heterocycles. The molecule has 1 fully saturated rings. The Kier molecular flexibility index (Phi) is 8.61. The molecule has 0 atom stereocenters. The molecule has 3 aromatic carbocycles. The van der Waals surface area contributed by atoms with Crippen molar-refractivity contribution in [2.24, 2.45) is 0 Å². The van der Waals surface area contributed by atoms with Crippen LogP contribution in [0, 0.1) is 0 Å². The van der Waals surface area contributed by atoms with Gasteiger partial charge in [0.2, 0.25) is 0 Å². The summed E-state index contributed by atoms with van der Waals surface area (Å²) in [5.41, 5.74) is 1.95. The summed E-state index contributed by atoms with van der Waals surface area (Å²) in [5, 5.41) is 16.9. The molecule has 9 heteroatoms. The van der Waals surface area contributed by atoms with Crippen molar-refractivity contribution in [2.75, 3.05) is 33.3 Å². The molecule has 0 saturated carbocycles. The van der Waals surface area contributed by atoms with E-state index in [1.807, 2.05) is 47.4 Å². The third-order valence-corrected chi connectivity index (χ3v) is 5.99. The summed E-state index contributed by atoms with van der Waals surface area (Å²) in [6, 6.07) is 20.1. The fourth-order valence-corrected chi connectivity index (χ4v) is 4.21. The van der Waals surface area contributed by atoms with Crippen LogP contribution in [-0.2, 0) is 16.1 Å². The van der Waals surface area contributed by atoms with Gasteiger partial charge in [0.15, 0.2) is 0 Å². The Bertz CT molecular complexity index is 1170. The van der Waals surface area contributed by atoms with Crippen LogP contribution in [0.15, 0.2) is 65.1 Å². The Morgan fingerprint density at radius 1 is 0.912 bits per heavy atom. The molecule has 1 heterocycles. The van der Waals surface area contributed by atoms with Gasteiger partial charge in [0.25, 0.3) is 5.91 Å². The largest absolute Gasteiger partial charge is 0.496 e. The van der Waals surface area contributed by atoms with Crippen LogP contribution in [0.1, 0.15) is 15.9 Å². The first-order valence-electron chi connectivity index (χ1n) is 10.6. The molecule has 178 valence electrons. The zero-order chi connectivity index (χ0) is 24.7. The smallest absolute Gasteiger partial charge is 0.414 e. The second-order valence-electron chi connectivity index (χ2n) is 7.66. The molecule has 1 amide bonds. The standard InChI is InChI=1S/C23H23BrN2O2.C2H2O4/c1-28-22-10-9-19(24)15-18(22)16-25-11-13-26(14-12-25)23(27)21-8-4-6-17-5-2-3-7-20(17)21;3-1(4)2(5)6/h2-10,15H,11-14,16H2,1H3;(H,3,4)(H,5,6). The zero-order valence-corrected chi connectivity index (χ0v) is 20.2. The second kappa shape index (κ2) is 11.6. The summed E-state index contributed by atoms with van der Waals surface area (Å²) in [6.07, 6.45) is 0. The number of ether oxygens (including phenoxy) is 1. The molecule has 1 saturated heterocycles. The number of nitrogens with zero attached hydrogens (tertiary/aromatic N) is 2. The Hall–Kier alpha value is -3.43. The quantitative estimate of drug-likeness (QED) is 0.496. The predicted octanol–water partition coefficient (Wildman–Crippen LogP) is 3.72.